The summed E-state index contributed by atoms with van der Waals surface area (Å²) in [4.78, 5) is 29.2. The smallest absolute Gasteiger partial charge is 0.254 e. The number of carbonyl (C=O) groups excluding carboxylic acids is 2. The van der Waals surface area contributed by atoms with Gasteiger partial charge in [-0.3, -0.25) is 9.59 Å². The first kappa shape index (κ1) is 17.0. The molecule has 130 valence electrons. The quantitative estimate of drug-likeness (QED) is 0.935. The Morgan fingerprint density at radius 3 is 2.44 bits per heavy atom. The molecule has 1 N–H and O–H groups in total. The van der Waals surface area contributed by atoms with E-state index in [1.807, 2.05) is 74.4 Å². The average molecular weight is 337 g/mol. The SMILES string of the molecule is Cc1ccccc1C1C(=O)NCCN1C(=O)c1ccc(N(C)C)cc1. The van der Waals surface area contributed by atoms with Crippen LogP contribution >= 0.6 is 0 Å². The molecular weight excluding hydrogens is 314 g/mol. The van der Waals surface area contributed by atoms with Gasteiger partial charge < -0.3 is 15.1 Å². The Morgan fingerprint density at radius 1 is 1.12 bits per heavy atom. The molecule has 1 heterocycles. The van der Waals surface area contributed by atoms with Gasteiger partial charge >= 0.3 is 0 Å². The predicted molar refractivity (Wildman–Crippen MR) is 98.7 cm³/mol. The Balaban J connectivity index is 1.94. The zero-order valence-electron chi connectivity index (χ0n) is 14.8. The number of nitrogens with one attached hydrogen (secondary N) is 1. The van der Waals surface area contributed by atoms with E-state index in [9.17, 15) is 9.59 Å². The lowest BCUT2D eigenvalue weighted by Gasteiger charge is -2.36. The minimum atomic E-state index is -0.587. The second kappa shape index (κ2) is 6.97. The highest BCUT2D eigenvalue weighted by molar-refractivity contribution is 5.98. The van der Waals surface area contributed by atoms with Crippen molar-refractivity contribution < 1.29 is 9.59 Å². The third-order valence-corrected chi connectivity index (χ3v) is 4.59. The van der Waals surface area contributed by atoms with E-state index in [2.05, 4.69) is 5.32 Å². The van der Waals surface area contributed by atoms with E-state index in [0.717, 1.165) is 16.8 Å². The maximum atomic E-state index is 13.1. The first-order chi connectivity index (χ1) is 12.0. The lowest BCUT2D eigenvalue weighted by atomic mass is 9.97. The van der Waals surface area contributed by atoms with Crippen LogP contribution in [0.15, 0.2) is 48.5 Å². The fraction of sp³-hybridized carbons (Fsp3) is 0.300. The third-order valence-electron chi connectivity index (χ3n) is 4.59. The molecule has 0 saturated carbocycles. The van der Waals surface area contributed by atoms with Crippen molar-refractivity contribution in [1.82, 2.24) is 10.2 Å². The predicted octanol–water partition coefficient (Wildman–Crippen LogP) is 2.37. The summed E-state index contributed by atoms with van der Waals surface area (Å²) < 4.78 is 0. The fourth-order valence-corrected chi connectivity index (χ4v) is 3.16. The van der Waals surface area contributed by atoms with Crippen molar-refractivity contribution in [1.29, 1.82) is 0 Å². The van der Waals surface area contributed by atoms with Gasteiger partial charge in [-0.15, -0.1) is 0 Å². The van der Waals surface area contributed by atoms with Crippen LogP contribution in [0.3, 0.4) is 0 Å². The molecule has 0 radical (unpaired) electrons. The summed E-state index contributed by atoms with van der Waals surface area (Å²) in [7, 11) is 3.92. The highest BCUT2D eigenvalue weighted by Gasteiger charge is 2.35. The van der Waals surface area contributed by atoms with Gasteiger partial charge in [-0.1, -0.05) is 24.3 Å². The van der Waals surface area contributed by atoms with Gasteiger partial charge in [-0.25, -0.2) is 0 Å². The highest BCUT2D eigenvalue weighted by Crippen LogP contribution is 2.28. The monoisotopic (exact) mass is 337 g/mol. The van der Waals surface area contributed by atoms with Gasteiger partial charge in [0.2, 0.25) is 5.91 Å². The van der Waals surface area contributed by atoms with Crippen molar-refractivity contribution in [3.8, 4) is 0 Å². The number of anilines is 1. The van der Waals surface area contributed by atoms with E-state index in [-0.39, 0.29) is 11.8 Å². The number of carbonyl (C=O) groups is 2. The Bertz CT molecular complexity index is 784. The number of hydrogen-bond donors (Lipinski definition) is 1. The number of hydrogen-bond acceptors (Lipinski definition) is 3. The fourth-order valence-electron chi connectivity index (χ4n) is 3.16. The van der Waals surface area contributed by atoms with Crippen LogP contribution in [0.1, 0.15) is 27.5 Å². The normalized spacial score (nSPS) is 17.2. The Hall–Kier alpha value is -2.82. The van der Waals surface area contributed by atoms with Gasteiger partial charge in [0.25, 0.3) is 5.91 Å². The van der Waals surface area contributed by atoms with Crippen molar-refractivity contribution in [3.63, 3.8) is 0 Å². The summed E-state index contributed by atoms with van der Waals surface area (Å²) in [5, 5.41) is 2.88. The van der Waals surface area contributed by atoms with Crippen molar-refractivity contribution in [2.24, 2.45) is 0 Å². The van der Waals surface area contributed by atoms with E-state index in [4.69, 9.17) is 0 Å². The van der Waals surface area contributed by atoms with Crippen LogP contribution in [0.25, 0.3) is 0 Å². The van der Waals surface area contributed by atoms with Gasteiger partial charge in [0.15, 0.2) is 0 Å². The topological polar surface area (TPSA) is 52.7 Å². The number of benzene rings is 2. The van der Waals surface area contributed by atoms with Crippen molar-refractivity contribution in [2.45, 2.75) is 13.0 Å². The summed E-state index contributed by atoms with van der Waals surface area (Å²) in [6, 6.07) is 14.6. The van der Waals surface area contributed by atoms with Crippen LogP contribution in [-0.4, -0.2) is 43.9 Å². The average Bonchev–Trinajstić information content (AvgIpc) is 2.62. The van der Waals surface area contributed by atoms with Crippen LogP contribution in [-0.2, 0) is 4.79 Å². The van der Waals surface area contributed by atoms with Gasteiger partial charge in [-0.05, 0) is 42.3 Å². The number of amides is 2. The van der Waals surface area contributed by atoms with Crippen LogP contribution in [0.4, 0.5) is 5.69 Å². The number of piperazine rings is 1. The molecule has 5 heteroatoms. The molecule has 2 aromatic carbocycles. The van der Waals surface area contributed by atoms with E-state index >= 15 is 0 Å². The Kier molecular flexibility index (Phi) is 4.74. The number of nitrogens with zero attached hydrogens (tertiary/aromatic N) is 2. The molecule has 1 saturated heterocycles. The third kappa shape index (κ3) is 3.36. The largest absolute Gasteiger partial charge is 0.378 e. The summed E-state index contributed by atoms with van der Waals surface area (Å²) in [6.07, 6.45) is 0. The molecule has 1 aliphatic rings. The molecule has 0 aromatic heterocycles. The molecule has 25 heavy (non-hydrogen) atoms. The van der Waals surface area contributed by atoms with Gasteiger partial charge in [0, 0.05) is 38.4 Å². The zero-order chi connectivity index (χ0) is 18.0. The van der Waals surface area contributed by atoms with Crippen molar-refractivity contribution >= 4 is 17.5 Å². The van der Waals surface area contributed by atoms with Crippen LogP contribution in [0, 0.1) is 6.92 Å². The van der Waals surface area contributed by atoms with Crippen LogP contribution in [0.2, 0.25) is 0 Å². The molecule has 1 fully saturated rings. The molecular formula is C20H23N3O2. The van der Waals surface area contributed by atoms with E-state index < -0.39 is 6.04 Å². The Labute approximate surface area is 148 Å². The molecule has 5 nitrogen and oxygen atoms in total. The van der Waals surface area contributed by atoms with Gasteiger partial charge in [0.1, 0.15) is 6.04 Å². The second-order valence-electron chi connectivity index (χ2n) is 6.49. The van der Waals surface area contributed by atoms with Crippen molar-refractivity contribution in [2.75, 3.05) is 32.1 Å². The van der Waals surface area contributed by atoms with E-state index in [1.165, 1.54) is 0 Å². The zero-order valence-corrected chi connectivity index (χ0v) is 14.8. The summed E-state index contributed by atoms with van der Waals surface area (Å²) in [6.45, 7) is 2.94. The summed E-state index contributed by atoms with van der Waals surface area (Å²) >= 11 is 0. The maximum Gasteiger partial charge on any atom is 0.254 e. The number of rotatable bonds is 3. The van der Waals surface area contributed by atoms with Gasteiger partial charge in [0.05, 0.1) is 0 Å². The molecule has 1 atom stereocenters. The first-order valence-electron chi connectivity index (χ1n) is 8.40. The highest BCUT2D eigenvalue weighted by atomic mass is 16.2. The lowest BCUT2D eigenvalue weighted by molar-refractivity contribution is -0.128. The van der Waals surface area contributed by atoms with E-state index in [0.29, 0.717) is 18.7 Å². The summed E-state index contributed by atoms with van der Waals surface area (Å²) in [5.41, 5.74) is 3.51. The number of aryl methyl sites for hydroxylation is 1. The molecule has 0 spiro atoms. The molecule has 3 rings (SSSR count). The molecule has 0 aliphatic carbocycles. The maximum absolute atomic E-state index is 13.1. The molecule has 0 bridgehead atoms. The Morgan fingerprint density at radius 2 is 1.80 bits per heavy atom. The second-order valence-corrected chi connectivity index (χ2v) is 6.49. The van der Waals surface area contributed by atoms with E-state index in [1.54, 1.807) is 4.90 Å². The van der Waals surface area contributed by atoms with Crippen LogP contribution < -0.4 is 10.2 Å². The van der Waals surface area contributed by atoms with Crippen LogP contribution in [0.5, 0.6) is 0 Å². The van der Waals surface area contributed by atoms with Gasteiger partial charge in [-0.2, -0.15) is 0 Å². The standard InChI is InChI=1S/C20H23N3O2/c1-14-6-4-5-7-17(14)18-19(24)21-12-13-23(18)20(25)15-8-10-16(11-9-15)22(2)3/h4-11,18H,12-13H2,1-3H3,(H,21,24). The molecule has 1 aliphatic heterocycles. The first-order valence-corrected chi connectivity index (χ1v) is 8.40. The molecule has 1 unspecified atom stereocenters. The molecule has 2 aromatic rings. The van der Waals surface area contributed by atoms with Crippen molar-refractivity contribution in [3.05, 3.63) is 65.2 Å². The minimum absolute atomic E-state index is 0.117. The molecule has 2 amide bonds. The minimum Gasteiger partial charge on any atom is -0.378 e. The lowest BCUT2D eigenvalue weighted by Crippen LogP contribution is -2.52. The summed E-state index contributed by atoms with van der Waals surface area (Å²) in [5.74, 6) is -0.243.